The van der Waals surface area contributed by atoms with E-state index in [1.54, 1.807) is 25.2 Å². The number of carbonyl (C=O) groups is 1. The Morgan fingerprint density at radius 1 is 1.30 bits per heavy atom. The molecule has 0 saturated carbocycles. The summed E-state index contributed by atoms with van der Waals surface area (Å²) in [5.41, 5.74) is 1.94. The van der Waals surface area contributed by atoms with Crippen LogP contribution in [0.4, 0.5) is 5.13 Å². The highest BCUT2D eigenvalue weighted by molar-refractivity contribution is 7.13. The zero-order valence-electron chi connectivity index (χ0n) is 15.9. The summed E-state index contributed by atoms with van der Waals surface area (Å²) in [5.74, 6) is -0.107. The largest absolute Gasteiger partial charge is 0.390 e. The minimum atomic E-state index is -0.677. The fourth-order valence-corrected chi connectivity index (χ4v) is 3.70. The lowest BCUT2D eigenvalue weighted by Crippen LogP contribution is -2.36. The van der Waals surface area contributed by atoms with Crippen molar-refractivity contribution in [2.24, 2.45) is 0 Å². The third kappa shape index (κ3) is 6.02. The van der Waals surface area contributed by atoms with E-state index < -0.39 is 5.60 Å². The van der Waals surface area contributed by atoms with Crippen molar-refractivity contribution in [3.63, 3.8) is 0 Å². The highest BCUT2D eigenvalue weighted by Crippen LogP contribution is 2.21. The number of carbonyl (C=O) groups excluding carboxylic acids is 1. The van der Waals surface area contributed by atoms with Gasteiger partial charge in [0.25, 0.3) is 5.91 Å². The number of hydrogen-bond donors (Lipinski definition) is 2. The van der Waals surface area contributed by atoms with E-state index >= 15 is 0 Å². The Morgan fingerprint density at radius 2 is 2.00 bits per heavy atom. The molecule has 6 nitrogen and oxygen atoms in total. The summed E-state index contributed by atoms with van der Waals surface area (Å²) in [6.07, 6.45) is 1.47. The number of benzene rings is 1. The van der Waals surface area contributed by atoms with Crippen LogP contribution in [0.1, 0.15) is 41.9 Å². The van der Waals surface area contributed by atoms with Crippen LogP contribution >= 0.6 is 11.3 Å². The first-order valence-electron chi connectivity index (χ1n) is 9.27. The molecule has 1 aliphatic heterocycles. The molecule has 0 atom stereocenters. The van der Waals surface area contributed by atoms with Gasteiger partial charge in [-0.3, -0.25) is 4.79 Å². The van der Waals surface area contributed by atoms with Gasteiger partial charge in [-0.25, -0.2) is 4.98 Å². The average molecular weight is 390 g/mol. The highest BCUT2D eigenvalue weighted by atomic mass is 32.1. The topological polar surface area (TPSA) is 74.7 Å². The zero-order chi connectivity index (χ0) is 19.3. The van der Waals surface area contributed by atoms with Crippen molar-refractivity contribution in [1.29, 1.82) is 0 Å². The molecule has 1 aromatic heterocycles. The van der Waals surface area contributed by atoms with Gasteiger partial charge >= 0.3 is 0 Å². The summed E-state index contributed by atoms with van der Waals surface area (Å²) in [7, 11) is 0. The summed E-state index contributed by atoms with van der Waals surface area (Å²) in [6, 6.07) is 7.55. The molecule has 0 aliphatic carbocycles. The minimum Gasteiger partial charge on any atom is -0.390 e. The summed E-state index contributed by atoms with van der Waals surface area (Å²) in [5, 5.41) is 15.7. The standard InChI is InChI=1S/C20H27N3O3S/c1-20(2,25)8-7-15-3-5-16(6-4-15)18(24)21-13-17-14-27-19(22-17)23-9-11-26-12-10-23/h3-6,14,25H,7-13H2,1-2H3,(H,21,24). The second-order valence-electron chi connectivity index (χ2n) is 7.41. The van der Waals surface area contributed by atoms with Gasteiger partial charge in [-0.1, -0.05) is 12.1 Å². The van der Waals surface area contributed by atoms with Crippen LogP contribution in [0.15, 0.2) is 29.6 Å². The molecule has 1 amide bonds. The first kappa shape index (κ1) is 19.8. The molecule has 2 N–H and O–H groups in total. The molecule has 0 unspecified atom stereocenters. The van der Waals surface area contributed by atoms with Crippen LogP contribution in [0.3, 0.4) is 0 Å². The van der Waals surface area contributed by atoms with Crippen LogP contribution in [0.25, 0.3) is 0 Å². The van der Waals surface area contributed by atoms with Gasteiger partial charge in [0.1, 0.15) is 0 Å². The molecule has 3 rings (SSSR count). The van der Waals surface area contributed by atoms with Crippen LogP contribution in [-0.2, 0) is 17.7 Å². The van der Waals surface area contributed by atoms with Crippen molar-refractivity contribution in [3.8, 4) is 0 Å². The number of thiazole rings is 1. The third-order valence-corrected chi connectivity index (χ3v) is 5.44. The van der Waals surface area contributed by atoms with E-state index in [1.165, 1.54) is 0 Å². The van der Waals surface area contributed by atoms with Crippen molar-refractivity contribution < 1.29 is 14.6 Å². The number of rotatable bonds is 7. The van der Waals surface area contributed by atoms with Crippen molar-refractivity contribution in [3.05, 3.63) is 46.5 Å². The van der Waals surface area contributed by atoms with Crippen molar-refractivity contribution in [2.45, 2.75) is 38.8 Å². The number of aromatic nitrogens is 1. The van der Waals surface area contributed by atoms with Crippen LogP contribution in [-0.4, -0.2) is 47.9 Å². The summed E-state index contributed by atoms with van der Waals surface area (Å²) in [4.78, 5) is 19.2. The van der Waals surface area contributed by atoms with E-state index in [0.29, 0.717) is 18.5 Å². The van der Waals surface area contributed by atoms with E-state index in [2.05, 4.69) is 15.2 Å². The fourth-order valence-electron chi connectivity index (χ4n) is 2.82. The van der Waals surface area contributed by atoms with Gasteiger partial charge in [-0.2, -0.15) is 0 Å². The van der Waals surface area contributed by atoms with E-state index in [-0.39, 0.29) is 5.91 Å². The zero-order valence-corrected chi connectivity index (χ0v) is 16.7. The lowest BCUT2D eigenvalue weighted by molar-refractivity contribution is 0.0713. The normalized spacial score (nSPS) is 15.0. The quantitative estimate of drug-likeness (QED) is 0.761. The Morgan fingerprint density at radius 3 is 2.67 bits per heavy atom. The Labute approximate surface area is 164 Å². The fraction of sp³-hybridized carbons (Fsp3) is 0.500. The van der Waals surface area contributed by atoms with E-state index in [9.17, 15) is 9.90 Å². The van der Waals surface area contributed by atoms with Gasteiger partial charge < -0.3 is 20.1 Å². The number of nitrogens with one attached hydrogen (secondary N) is 1. The van der Waals surface area contributed by atoms with Crippen molar-refractivity contribution in [1.82, 2.24) is 10.3 Å². The Bertz CT molecular complexity index is 747. The predicted molar refractivity (Wildman–Crippen MR) is 107 cm³/mol. The molecule has 0 bridgehead atoms. The maximum absolute atomic E-state index is 12.4. The summed E-state index contributed by atoms with van der Waals surface area (Å²) >= 11 is 1.60. The molecule has 1 aliphatic rings. The molecule has 1 saturated heterocycles. The van der Waals surface area contributed by atoms with Crippen LogP contribution in [0, 0.1) is 0 Å². The summed E-state index contributed by atoms with van der Waals surface area (Å²) in [6.45, 7) is 7.21. The smallest absolute Gasteiger partial charge is 0.251 e. The number of hydrogen-bond acceptors (Lipinski definition) is 6. The highest BCUT2D eigenvalue weighted by Gasteiger charge is 2.15. The number of ether oxygens (including phenoxy) is 1. The number of aliphatic hydroxyl groups is 1. The van der Waals surface area contributed by atoms with E-state index in [1.807, 2.05) is 29.6 Å². The van der Waals surface area contributed by atoms with Gasteiger partial charge in [0, 0.05) is 24.0 Å². The first-order valence-corrected chi connectivity index (χ1v) is 10.2. The predicted octanol–water partition coefficient (Wildman–Crippen LogP) is 2.61. The molecular weight excluding hydrogens is 362 g/mol. The van der Waals surface area contributed by atoms with Crippen LogP contribution < -0.4 is 10.2 Å². The number of morpholine rings is 1. The monoisotopic (exact) mass is 389 g/mol. The molecule has 27 heavy (non-hydrogen) atoms. The van der Waals surface area contributed by atoms with Gasteiger partial charge in [0.2, 0.25) is 0 Å². The molecule has 1 aromatic carbocycles. The second-order valence-corrected chi connectivity index (χ2v) is 8.25. The molecule has 146 valence electrons. The lowest BCUT2D eigenvalue weighted by atomic mass is 9.98. The van der Waals surface area contributed by atoms with E-state index in [4.69, 9.17) is 4.74 Å². The first-order chi connectivity index (χ1) is 12.9. The number of amides is 1. The van der Waals surface area contributed by atoms with Gasteiger partial charge in [-0.15, -0.1) is 11.3 Å². The molecular formula is C20H27N3O3S. The molecule has 2 aromatic rings. The lowest BCUT2D eigenvalue weighted by Gasteiger charge is -2.26. The van der Waals surface area contributed by atoms with Gasteiger partial charge in [0.15, 0.2) is 5.13 Å². The van der Waals surface area contributed by atoms with Crippen LogP contribution in [0.2, 0.25) is 0 Å². The van der Waals surface area contributed by atoms with Gasteiger partial charge in [0.05, 0.1) is 31.1 Å². The molecule has 1 fully saturated rings. The Hall–Kier alpha value is -1.96. The maximum atomic E-state index is 12.4. The van der Waals surface area contributed by atoms with Gasteiger partial charge in [-0.05, 0) is 44.4 Å². The number of anilines is 1. The molecule has 7 heteroatoms. The SMILES string of the molecule is CC(C)(O)CCc1ccc(C(=O)NCc2csc(N3CCOCC3)n2)cc1. The maximum Gasteiger partial charge on any atom is 0.251 e. The number of aryl methyl sites for hydroxylation is 1. The number of nitrogens with zero attached hydrogens (tertiary/aromatic N) is 2. The van der Waals surface area contributed by atoms with Crippen LogP contribution in [0.5, 0.6) is 0 Å². The van der Waals surface area contributed by atoms with Crippen molar-refractivity contribution >= 4 is 22.4 Å². The Kier molecular flexibility index (Phi) is 6.46. The second kappa shape index (κ2) is 8.82. The van der Waals surface area contributed by atoms with Crippen molar-refractivity contribution in [2.75, 3.05) is 31.2 Å². The molecule has 0 radical (unpaired) electrons. The molecule has 2 heterocycles. The Balaban J connectivity index is 1.49. The van der Waals surface area contributed by atoms with E-state index in [0.717, 1.165) is 49.1 Å². The minimum absolute atomic E-state index is 0.107. The molecule has 0 spiro atoms. The third-order valence-electron chi connectivity index (χ3n) is 4.49. The average Bonchev–Trinajstić information content (AvgIpc) is 3.14. The summed E-state index contributed by atoms with van der Waals surface area (Å²) < 4.78 is 5.36.